The van der Waals surface area contributed by atoms with E-state index in [1.807, 2.05) is 6.92 Å². The zero-order chi connectivity index (χ0) is 25.8. The number of aryl methyl sites for hydroxylation is 3. The summed E-state index contributed by atoms with van der Waals surface area (Å²) in [4.78, 5) is 25.1. The van der Waals surface area contributed by atoms with Gasteiger partial charge in [0.1, 0.15) is 29.5 Å². The van der Waals surface area contributed by atoms with Crippen molar-refractivity contribution in [1.82, 2.24) is 0 Å². The molecular formula is C30H30O7. The first-order chi connectivity index (χ1) is 17.8. The number of fused-ring (bicyclic) bond motifs is 6. The van der Waals surface area contributed by atoms with Gasteiger partial charge in [0, 0.05) is 21.9 Å². The molecule has 0 bridgehead atoms. The lowest BCUT2D eigenvalue weighted by molar-refractivity contribution is -0.0612. The topological polar surface area (TPSA) is 121 Å². The monoisotopic (exact) mass is 502 g/mol. The molecule has 3 N–H and O–H groups in total. The first-order valence-electron chi connectivity index (χ1n) is 13.1. The molecule has 2 heterocycles. The second-order valence-corrected chi connectivity index (χ2v) is 10.4. The van der Waals surface area contributed by atoms with Crippen LogP contribution in [0.15, 0.2) is 48.8 Å². The second kappa shape index (κ2) is 9.24. The molecule has 2 aromatic heterocycles. The van der Waals surface area contributed by atoms with Gasteiger partial charge >= 0.3 is 11.3 Å². The van der Waals surface area contributed by atoms with Gasteiger partial charge in [-0.15, -0.1) is 0 Å². The van der Waals surface area contributed by atoms with E-state index in [2.05, 4.69) is 0 Å². The van der Waals surface area contributed by atoms with Crippen LogP contribution in [-0.4, -0.2) is 21.4 Å². The van der Waals surface area contributed by atoms with Gasteiger partial charge in [-0.1, -0.05) is 18.2 Å². The standard InChI is InChI=1S/C30H30O7/c1-15-13-21(25-17-8-3-5-10-19(17)30(35)37-23(25)14-15)27(32)28(33)26(31)20-11-6-12-22-24(20)16-7-2-4-9-18(16)29(34)36-22/h6,11-14,26-28,31-33H,2-5,7-10H2,1H3. The highest BCUT2D eigenvalue weighted by atomic mass is 16.4. The Bertz CT molecular complexity index is 1640. The van der Waals surface area contributed by atoms with Crippen molar-refractivity contribution >= 4 is 21.9 Å². The van der Waals surface area contributed by atoms with Crippen molar-refractivity contribution in [3.8, 4) is 0 Å². The summed E-state index contributed by atoms with van der Waals surface area (Å²) in [7, 11) is 0. The molecule has 0 aliphatic heterocycles. The van der Waals surface area contributed by atoms with Crippen LogP contribution in [0.3, 0.4) is 0 Å². The van der Waals surface area contributed by atoms with Gasteiger partial charge < -0.3 is 24.2 Å². The molecular weight excluding hydrogens is 472 g/mol. The summed E-state index contributed by atoms with van der Waals surface area (Å²) in [6.07, 6.45) is 1.79. The van der Waals surface area contributed by atoms with E-state index in [1.165, 1.54) is 0 Å². The van der Waals surface area contributed by atoms with Gasteiger partial charge in [0.2, 0.25) is 0 Å². The molecule has 0 radical (unpaired) electrons. The summed E-state index contributed by atoms with van der Waals surface area (Å²) in [5, 5.41) is 35.5. The first-order valence-corrected chi connectivity index (χ1v) is 13.1. The number of benzene rings is 2. The Labute approximate surface area is 213 Å². The number of hydrogen-bond donors (Lipinski definition) is 3. The van der Waals surface area contributed by atoms with Crippen molar-refractivity contribution in [2.45, 2.75) is 76.6 Å². The Morgan fingerprint density at radius 1 is 0.676 bits per heavy atom. The van der Waals surface area contributed by atoms with Crippen LogP contribution in [0.5, 0.6) is 0 Å². The van der Waals surface area contributed by atoms with Gasteiger partial charge in [-0.25, -0.2) is 9.59 Å². The van der Waals surface area contributed by atoms with Crippen molar-refractivity contribution in [2.75, 3.05) is 0 Å². The molecule has 2 aliphatic carbocycles. The van der Waals surface area contributed by atoms with E-state index >= 15 is 0 Å². The van der Waals surface area contributed by atoms with E-state index in [4.69, 9.17) is 8.83 Å². The Morgan fingerprint density at radius 2 is 1.19 bits per heavy atom. The van der Waals surface area contributed by atoms with Crippen LogP contribution >= 0.6 is 0 Å². The number of aliphatic hydroxyl groups is 3. The van der Waals surface area contributed by atoms with Crippen molar-refractivity contribution < 1.29 is 24.2 Å². The fraction of sp³-hybridized carbons (Fsp3) is 0.400. The molecule has 7 nitrogen and oxygen atoms in total. The molecule has 7 heteroatoms. The van der Waals surface area contributed by atoms with Crippen LogP contribution in [0.4, 0.5) is 0 Å². The lowest BCUT2D eigenvalue weighted by Crippen LogP contribution is -2.28. The molecule has 0 saturated carbocycles. The maximum absolute atomic E-state index is 12.6. The molecule has 4 aromatic rings. The summed E-state index contributed by atoms with van der Waals surface area (Å²) in [5.74, 6) is 0. The molecule has 2 aliphatic rings. The quantitative estimate of drug-likeness (QED) is 0.359. The van der Waals surface area contributed by atoms with E-state index in [-0.39, 0.29) is 11.3 Å². The third-order valence-corrected chi connectivity index (χ3v) is 8.06. The van der Waals surface area contributed by atoms with E-state index in [9.17, 15) is 24.9 Å². The molecule has 3 unspecified atom stereocenters. The average Bonchev–Trinajstić information content (AvgIpc) is 2.91. The first kappa shape index (κ1) is 24.1. The molecule has 37 heavy (non-hydrogen) atoms. The minimum Gasteiger partial charge on any atom is -0.422 e. The van der Waals surface area contributed by atoms with Crippen LogP contribution in [0, 0.1) is 6.92 Å². The van der Waals surface area contributed by atoms with Gasteiger partial charge in [-0.2, -0.15) is 0 Å². The molecule has 192 valence electrons. The summed E-state index contributed by atoms with van der Waals surface area (Å²) in [6.45, 7) is 1.83. The van der Waals surface area contributed by atoms with Crippen molar-refractivity contribution in [3.63, 3.8) is 0 Å². The molecule has 2 aromatic carbocycles. The summed E-state index contributed by atoms with van der Waals surface area (Å²) >= 11 is 0. The Hall–Kier alpha value is -3.26. The highest BCUT2D eigenvalue weighted by molar-refractivity contribution is 5.87. The van der Waals surface area contributed by atoms with Crippen molar-refractivity contribution in [2.24, 2.45) is 0 Å². The van der Waals surface area contributed by atoms with E-state index < -0.39 is 18.3 Å². The molecule has 6 rings (SSSR count). The largest absolute Gasteiger partial charge is 0.422 e. The second-order valence-electron chi connectivity index (χ2n) is 10.4. The maximum atomic E-state index is 12.6. The van der Waals surface area contributed by atoms with E-state index in [1.54, 1.807) is 30.3 Å². The highest BCUT2D eigenvalue weighted by Crippen LogP contribution is 2.39. The third-order valence-electron chi connectivity index (χ3n) is 8.06. The van der Waals surface area contributed by atoms with Crippen molar-refractivity contribution in [1.29, 1.82) is 0 Å². The molecule has 0 saturated heterocycles. The van der Waals surface area contributed by atoms with Crippen LogP contribution < -0.4 is 11.3 Å². The fourth-order valence-electron chi connectivity index (χ4n) is 6.30. The maximum Gasteiger partial charge on any atom is 0.339 e. The minimum atomic E-state index is -1.58. The summed E-state index contributed by atoms with van der Waals surface area (Å²) in [6, 6.07) is 8.61. The number of aliphatic hydroxyl groups excluding tert-OH is 3. The van der Waals surface area contributed by atoms with Gasteiger partial charge in [-0.3, -0.25) is 0 Å². The third kappa shape index (κ3) is 3.93. The predicted molar refractivity (Wildman–Crippen MR) is 139 cm³/mol. The summed E-state index contributed by atoms with van der Waals surface area (Å²) in [5.41, 5.74) is 4.60. The van der Waals surface area contributed by atoms with E-state index in [0.29, 0.717) is 69.9 Å². The van der Waals surface area contributed by atoms with Crippen LogP contribution in [0.2, 0.25) is 0 Å². The minimum absolute atomic E-state index is 0.351. The Morgan fingerprint density at radius 3 is 1.81 bits per heavy atom. The smallest absolute Gasteiger partial charge is 0.339 e. The molecule has 0 spiro atoms. The SMILES string of the molecule is Cc1cc(C(O)C(O)C(O)c2cccc3oc(=O)c4c(c23)CCCC4)c2c3c(c(=O)oc2c1)CCCC3. The van der Waals surface area contributed by atoms with Gasteiger partial charge in [-0.05, 0) is 98.2 Å². The lowest BCUT2D eigenvalue weighted by Gasteiger charge is -2.27. The highest BCUT2D eigenvalue weighted by Gasteiger charge is 2.33. The zero-order valence-corrected chi connectivity index (χ0v) is 20.8. The van der Waals surface area contributed by atoms with Crippen molar-refractivity contribution in [3.05, 3.63) is 90.1 Å². The number of hydrogen-bond acceptors (Lipinski definition) is 7. The fourth-order valence-corrected chi connectivity index (χ4v) is 6.30. The molecule has 0 amide bonds. The van der Waals surface area contributed by atoms with Gasteiger partial charge in [0.15, 0.2) is 0 Å². The molecule has 3 atom stereocenters. The predicted octanol–water partition coefficient (Wildman–Crippen LogP) is 4.09. The Kier molecular flexibility index (Phi) is 6.02. The van der Waals surface area contributed by atoms with Gasteiger partial charge in [0.25, 0.3) is 0 Å². The molecule has 0 fully saturated rings. The van der Waals surface area contributed by atoms with Gasteiger partial charge in [0.05, 0.1) is 0 Å². The lowest BCUT2D eigenvalue weighted by atomic mass is 9.84. The van der Waals surface area contributed by atoms with Crippen LogP contribution in [0.25, 0.3) is 21.9 Å². The van der Waals surface area contributed by atoms with Crippen LogP contribution in [0.1, 0.15) is 76.8 Å². The average molecular weight is 503 g/mol. The number of rotatable bonds is 4. The zero-order valence-electron chi connectivity index (χ0n) is 20.8. The van der Waals surface area contributed by atoms with E-state index in [0.717, 1.165) is 42.4 Å². The Balaban J connectivity index is 1.48. The summed E-state index contributed by atoms with van der Waals surface area (Å²) < 4.78 is 11.2. The normalized spacial score (nSPS) is 17.8. The van der Waals surface area contributed by atoms with Crippen LogP contribution in [-0.2, 0) is 25.7 Å².